The quantitative estimate of drug-likeness (QED) is 0.503. The molecule has 2 aromatic carbocycles. The van der Waals surface area contributed by atoms with Gasteiger partial charge in [0.1, 0.15) is 5.82 Å². The fourth-order valence-corrected chi connectivity index (χ4v) is 2.57. The van der Waals surface area contributed by atoms with Crippen LogP contribution in [-0.2, 0) is 11.0 Å². The van der Waals surface area contributed by atoms with Crippen molar-refractivity contribution in [3.63, 3.8) is 0 Å². The molecule has 2 aromatic rings. The lowest BCUT2D eigenvalue weighted by atomic mass is 10.1. The maximum Gasteiger partial charge on any atom is 0.416 e. The number of nitrogens with zero attached hydrogens (tertiary/aromatic N) is 1. The fourth-order valence-electron chi connectivity index (χ4n) is 2.57. The summed E-state index contributed by atoms with van der Waals surface area (Å²) in [5.74, 6) is -0.777. The van der Waals surface area contributed by atoms with Gasteiger partial charge in [-0.2, -0.15) is 18.3 Å². The SMILES string of the molecule is O=C(NN=Cc1ccc(C(F)(F)F)cc1)C1CC1c1ccc(F)cc1. The van der Waals surface area contributed by atoms with Gasteiger partial charge in [0.05, 0.1) is 11.8 Å². The molecule has 0 aromatic heterocycles. The lowest BCUT2D eigenvalue weighted by Gasteiger charge is -2.05. The summed E-state index contributed by atoms with van der Waals surface area (Å²) < 4.78 is 50.3. The smallest absolute Gasteiger partial charge is 0.273 e. The summed E-state index contributed by atoms with van der Waals surface area (Å²) in [7, 11) is 0. The van der Waals surface area contributed by atoms with Crippen molar-refractivity contribution in [1.29, 1.82) is 0 Å². The summed E-state index contributed by atoms with van der Waals surface area (Å²) in [5, 5.41) is 3.77. The topological polar surface area (TPSA) is 41.5 Å². The molecule has 7 heteroatoms. The van der Waals surface area contributed by atoms with Crippen molar-refractivity contribution in [2.45, 2.75) is 18.5 Å². The van der Waals surface area contributed by atoms with E-state index < -0.39 is 11.7 Å². The molecule has 0 aliphatic heterocycles. The molecule has 1 aliphatic rings. The molecule has 25 heavy (non-hydrogen) atoms. The van der Waals surface area contributed by atoms with E-state index in [0.29, 0.717) is 12.0 Å². The van der Waals surface area contributed by atoms with E-state index in [2.05, 4.69) is 10.5 Å². The standard InChI is InChI=1S/C18H14F4N2O/c19-14-7-3-12(4-8-14)15-9-16(15)17(25)24-23-10-11-1-5-13(6-2-11)18(20,21)22/h1-8,10,15-16H,9H2,(H,24,25). The van der Waals surface area contributed by atoms with E-state index in [1.165, 1.54) is 30.5 Å². The van der Waals surface area contributed by atoms with Crippen LogP contribution in [0.15, 0.2) is 53.6 Å². The van der Waals surface area contributed by atoms with Gasteiger partial charge in [-0.15, -0.1) is 0 Å². The molecule has 1 amide bonds. The van der Waals surface area contributed by atoms with E-state index in [0.717, 1.165) is 17.7 Å². The predicted molar refractivity (Wildman–Crippen MR) is 84.4 cm³/mol. The van der Waals surface area contributed by atoms with Crippen LogP contribution in [0.2, 0.25) is 0 Å². The van der Waals surface area contributed by atoms with Crippen LogP contribution in [0.4, 0.5) is 17.6 Å². The van der Waals surface area contributed by atoms with Crippen LogP contribution in [-0.4, -0.2) is 12.1 Å². The van der Waals surface area contributed by atoms with Gasteiger partial charge >= 0.3 is 6.18 Å². The van der Waals surface area contributed by atoms with Crippen LogP contribution >= 0.6 is 0 Å². The molecule has 1 N–H and O–H groups in total. The first-order valence-electron chi connectivity index (χ1n) is 7.60. The number of nitrogens with one attached hydrogen (secondary N) is 1. The van der Waals surface area contributed by atoms with Crippen molar-refractivity contribution in [3.05, 3.63) is 71.0 Å². The Kier molecular flexibility index (Phi) is 4.57. The minimum atomic E-state index is -4.38. The molecule has 3 nitrogen and oxygen atoms in total. The van der Waals surface area contributed by atoms with E-state index in [1.807, 2.05) is 0 Å². The molecule has 0 spiro atoms. The highest BCUT2D eigenvalue weighted by atomic mass is 19.4. The van der Waals surface area contributed by atoms with Gasteiger partial charge in [0, 0.05) is 5.92 Å². The molecule has 0 saturated heterocycles. The molecular formula is C18H14F4N2O. The fraction of sp³-hybridized carbons (Fsp3) is 0.222. The Labute approximate surface area is 141 Å². The number of hydrazone groups is 1. The number of alkyl halides is 3. The Bertz CT molecular complexity index is 782. The molecule has 2 unspecified atom stereocenters. The zero-order chi connectivity index (χ0) is 18.0. The lowest BCUT2D eigenvalue weighted by Crippen LogP contribution is -2.20. The average molecular weight is 350 g/mol. The third-order valence-electron chi connectivity index (χ3n) is 4.05. The number of carbonyl (C=O) groups is 1. The van der Waals surface area contributed by atoms with Crippen molar-refractivity contribution in [1.82, 2.24) is 5.43 Å². The summed E-state index contributed by atoms with van der Waals surface area (Å²) in [5.41, 5.74) is 2.98. The number of rotatable bonds is 4. The molecule has 2 atom stereocenters. The van der Waals surface area contributed by atoms with Crippen LogP contribution in [0.25, 0.3) is 0 Å². The van der Waals surface area contributed by atoms with Crippen LogP contribution in [0, 0.1) is 11.7 Å². The molecule has 3 rings (SSSR count). The molecule has 1 aliphatic carbocycles. The first kappa shape index (κ1) is 17.1. The molecule has 130 valence electrons. The Hall–Kier alpha value is -2.70. The van der Waals surface area contributed by atoms with Crippen LogP contribution in [0.5, 0.6) is 0 Å². The summed E-state index contributed by atoms with van der Waals surface area (Å²) >= 11 is 0. The Morgan fingerprint density at radius 1 is 1.08 bits per heavy atom. The Morgan fingerprint density at radius 3 is 2.32 bits per heavy atom. The van der Waals surface area contributed by atoms with E-state index >= 15 is 0 Å². The molecule has 1 saturated carbocycles. The van der Waals surface area contributed by atoms with Gasteiger partial charge in [0.25, 0.3) is 0 Å². The number of amides is 1. The third kappa shape index (κ3) is 4.23. The average Bonchev–Trinajstić information content (AvgIpc) is 3.36. The van der Waals surface area contributed by atoms with Crippen LogP contribution in [0.3, 0.4) is 0 Å². The lowest BCUT2D eigenvalue weighted by molar-refractivity contribution is -0.137. The highest BCUT2D eigenvalue weighted by molar-refractivity contribution is 5.85. The zero-order valence-electron chi connectivity index (χ0n) is 12.9. The highest BCUT2D eigenvalue weighted by Gasteiger charge is 2.43. The largest absolute Gasteiger partial charge is 0.416 e. The minimum absolute atomic E-state index is 0.0434. The summed E-state index contributed by atoms with van der Waals surface area (Å²) in [6.07, 6.45) is -2.44. The van der Waals surface area contributed by atoms with Crippen LogP contribution in [0.1, 0.15) is 29.0 Å². The number of halogens is 4. The second kappa shape index (κ2) is 6.66. The van der Waals surface area contributed by atoms with Gasteiger partial charge in [-0.05, 0) is 47.7 Å². The van der Waals surface area contributed by atoms with Crippen LogP contribution < -0.4 is 5.43 Å². The van der Waals surface area contributed by atoms with Crippen molar-refractivity contribution in [2.75, 3.05) is 0 Å². The molecular weight excluding hydrogens is 336 g/mol. The van der Waals surface area contributed by atoms with Crippen molar-refractivity contribution in [2.24, 2.45) is 11.0 Å². The van der Waals surface area contributed by atoms with Gasteiger partial charge in [0.15, 0.2) is 0 Å². The molecule has 0 bridgehead atoms. The molecule has 0 heterocycles. The maximum absolute atomic E-state index is 12.9. The Morgan fingerprint density at radius 2 is 1.72 bits per heavy atom. The van der Waals surface area contributed by atoms with Crippen molar-refractivity contribution >= 4 is 12.1 Å². The molecule has 0 radical (unpaired) electrons. The second-order valence-corrected chi connectivity index (χ2v) is 5.85. The normalized spacial score (nSPS) is 19.8. The van der Waals surface area contributed by atoms with E-state index in [1.54, 1.807) is 12.1 Å². The van der Waals surface area contributed by atoms with Gasteiger partial charge in [0.2, 0.25) is 5.91 Å². The number of carbonyl (C=O) groups excluding carboxylic acids is 1. The monoisotopic (exact) mass is 350 g/mol. The van der Waals surface area contributed by atoms with Gasteiger partial charge in [-0.1, -0.05) is 24.3 Å². The van der Waals surface area contributed by atoms with Gasteiger partial charge < -0.3 is 0 Å². The maximum atomic E-state index is 12.9. The summed E-state index contributed by atoms with van der Waals surface area (Å²) in [6, 6.07) is 10.5. The number of hydrogen-bond acceptors (Lipinski definition) is 2. The first-order valence-corrected chi connectivity index (χ1v) is 7.60. The van der Waals surface area contributed by atoms with E-state index in [4.69, 9.17) is 0 Å². The minimum Gasteiger partial charge on any atom is -0.273 e. The number of hydrogen-bond donors (Lipinski definition) is 1. The summed E-state index contributed by atoms with van der Waals surface area (Å²) in [4.78, 5) is 12.0. The molecule has 1 fully saturated rings. The van der Waals surface area contributed by atoms with E-state index in [-0.39, 0.29) is 23.6 Å². The van der Waals surface area contributed by atoms with Gasteiger partial charge in [-0.25, -0.2) is 9.82 Å². The Balaban J connectivity index is 1.53. The zero-order valence-corrected chi connectivity index (χ0v) is 12.9. The summed E-state index contributed by atoms with van der Waals surface area (Å²) in [6.45, 7) is 0. The number of benzene rings is 2. The van der Waals surface area contributed by atoms with Crippen molar-refractivity contribution < 1.29 is 22.4 Å². The first-order chi connectivity index (χ1) is 11.8. The van der Waals surface area contributed by atoms with E-state index in [9.17, 15) is 22.4 Å². The second-order valence-electron chi connectivity index (χ2n) is 5.85. The third-order valence-corrected chi connectivity index (χ3v) is 4.05. The highest BCUT2D eigenvalue weighted by Crippen LogP contribution is 2.47. The van der Waals surface area contributed by atoms with Gasteiger partial charge in [-0.3, -0.25) is 4.79 Å². The van der Waals surface area contributed by atoms with Crippen molar-refractivity contribution in [3.8, 4) is 0 Å². The predicted octanol–water partition coefficient (Wildman–Crippen LogP) is 4.10.